The number of rotatable bonds is 4. The van der Waals surface area contributed by atoms with E-state index in [1.807, 2.05) is 10.9 Å². The van der Waals surface area contributed by atoms with Gasteiger partial charge in [0, 0.05) is 6.54 Å². The van der Waals surface area contributed by atoms with E-state index in [4.69, 9.17) is 9.47 Å². The van der Waals surface area contributed by atoms with Crippen LogP contribution in [-0.4, -0.2) is 23.0 Å². The van der Waals surface area contributed by atoms with E-state index in [1.54, 1.807) is 6.20 Å². The molecular formula is C15H18N2O2. The van der Waals surface area contributed by atoms with E-state index in [2.05, 4.69) is 36.3 Å². The summed E-state index contributed by atoms with van der Waals surface area (Å²) in [5.74, 6) is 0.800. The molecule has 0 spiro atoms. The minimum Gasteiger partial charge on any atom is -0.487 e. The lowest BCUT2D eigenvalue weighted by molar-refractivity contribution is 0.0102. The van der Waals surface area contributed by atoms with E-state index in [1.165, 1.54) is 11.1 Å². The zero-order valence-corrected chi connectivity index (χ0v) is 11.1. The predicted molar refractivity (Wildman–Crippen MR) is 72.2 cm³/mol. The molecule has 1 aliphatic rings. The van der Waals surface area contributed by atoms with E-state index in [0.29, 0.717) is 6.61 Å². The highest BCUT2D eigenvalue weighted by Gasteiger charge is 2.21. The van der Waals surface area contributed by atoms with E-state index in [9.17, 15) is 0 Å². The minimum absolute atomic E-state index is 0.0231. The molecule has 19 heavy (non-hydrogen) atoms. The zero-order valence-electron chi connectivity index (χ0n) is 11.1. The molecule has 100 valence electrons. The van der Waals surface area contributed by atoms with Gasteiger partial charge in [-0.1, -0.05) is 24.3 Å². The molecule has 0 saturated heterocycles. The minimum atomic E-state index is 0.0231. The molecule has 0 fully saturated rings. The molecule has 0 amide bonds. The number of nitrogens with zero attached hydrogens (tertiary/aromatic N) is 2. The van der Waals surface area contributed by atoms with Gasteiger partial charge in [-0.15, -0.1) is 0 Å². The second-order valence-electron chi connectivity index (χ2n) is 4.65. The Balaban J connectivity index is 1.68. The van der Waals surface area contributed by atoms with Crippen LogP contribution in [-0.2, 0) is 17.7 Å². The summed E-state index contributed by atoms with van der Waals surface area (Å²) in [7, 11) is 0. The maximum atomic E-state index is 5.81. The molecule has 0 N–H and O–H groups in total. The smallest absolute Gasteiger partial charge is 0.157 e. The van der Waals surface area contributed by atoms with Gasteiger partial charge in [0.05, 0.1) is 19.0 Å². The second kappa shape index (κ2) is 5.45. The summed E-state index contributed by atoms with van der Waals surface area (Å²) in [6.07, 6.45) is 4.67. The fourth-order valence-corrected chi connectivity index (χ4v) is 2.38. The van der Waals surface area contributed by atoms with Crippen molar-refractivity contribution < 1.29 is 9.47 Å². The Bertz CT molecular complexity index is 551. The molecule has 2 aromatic rings. The molecule has 1 aromatic heterocycles. The summed E-state index contributed by atoms with van der Waals surface area (Å²) >= 11 is 0. The lowest BCUT2D eigenvalue weighted by Crippen LogP contribution is -2.21. The topological polar surface area (TPSA) is 36.3 Å². The number of hydrogen-bond donors (Lipinski definition) is 0. The Labute approximate surface area is 113 Å². The van der Waals surface area contributed by atoms with Gasteiger partial charge in [-0.2, -0.15) is 5.10 Å². The van der Waals surface area contributed by atoms with Gasteiger partial charge >= 0.3 is 0 Å². The Morgan fingerprint density at radius 1 is 1.42 bits per heavy atom. The van der Waals surface area contributed by atoms with E-state index < -0.39 is 0 Å². The average molecular weight is 258 g/mol. The number of benzene rings is 1. The van der Waals surface area contributed by atoms with Crippen LogP contribution in [0.4, 0.5) is 0 Å². The van der Waals surface area contributed by atoms with Crippen LogP contribution < -0.4 is 4.74 Å². The van der Waals surface area contributed by atoms with Crippen LogP contribution in [0.3, 0.4) is 0 Å². The number of hydrogen-bond acceptors (Lipinski definition) is 3. The molecule has 2 heterocycles. The van der Waals surface area contributed by atoms with Crippen LogP contribution in [0, 0.1) is 0 Å². The first-order valence-electron chi connectivity index (χ1n) is 6.71. The molecule has 1 aliphatic heterocycles. The summed E-state index contributed by atoms with van der Waals surface area (Å²) < 4.78 is 13.4. The van der Waals surface area contributed by atoms with Crippen molar-refractivity contribution in [3.05, 3.63) is 47.8 Å². The normalized spacial score (nSPS) is 18.1. The molecule has 0 radical (unpaired) electrons. The third-order valence-electron chi connectivity index (χ3n) is 3.43. The summed E-state index contributed by atoms with van der Waals surface area (Å²) in [6, 6.07) is 8.42. The van der Waals surface area contributed by atoms with E-state index in [-0.39, 0.29) is 6.10 Å². The van der Waals surface area contributed by atoms with Crippen LogP contribution >= 0.6 is 0 Å². The molecule has 3 rings (SSSR count). The maximum Gasteiger partial charge on any atom is 0.157 e. The average Bonchev–Trinajstić information content (AvgIpc) is 2.93. The molecule has 0 aliphatic carbocycles. The second-order valence-corrected chi connectivity index (χ2v) is 4.65. The van der Waals surface area contributed by atoms with Crippen LogP contribution in [0.25, 0.3) is 0 Å². The predicted octanol–water partition coefficient (Wildman–Crippen LogP) is 2.60. The van der Waals surface area contributed by atoms with Crippen LogP contribution in [0.2, 0.25) is 0 Å². The number of fused-ring (bicyclic) bond motifs is 1. The van der Waals surface area contributed by atoms with Gasteiger partial charge in [0.25, 0.3) is 0 Å². The van der Waals surface area contributed by atoms with Crippen molar-refractivity contribution in [2.24, 2.45) is 0 Å². The number of aryl methyl sites for hydroxylation is 1. The van der Waals surface area contributed by atoms with Crippen molar-refractivity contribution in [1.29, 1.82) is 0 Å². The molecule has 0 saturated carbocycles. The largest absolute Gasteiger partial charge is 0.487 e. The van der Waals surface area contributed by atoms with Crippen molar-refractivity contribution in [3.8, 4) is 5.75 Å². The van der Waals surface area contributed by atoms with Gasteiger partial charge in [0.2, 0.25) is 0 Å². The highest BCUT2D eigenvalue weighted by Crippen LogP contribution is 2.27. The van der Waals surface area contributed by atoms with Gasteiger partial charge in [-0.05, 0) is 24.5 Å². The SMILES string of the molecule is CCn1cc(OCC2OCCc3ccccc32)cn1. The lowest BCUT2D eigenvalue weighted by Gasteiger charge is -2.25. The standard InChI is InChI=1S/C15H18N2O2/c1-2-17-10-13(9-16-17)19-11-15-14-6-4-3-5-12(14)7-8-18-15/h3-6,9-10,15H,2,7-8,11H2,1H3. The van der Waals surface area contributed by atoms with Crippen LogP contribution in [0.5, 0.6) is 5.75 Å². The Morgan fingerprint density at radius 2 is 2.32 bits per heavy atom. The quantitative estimate of drug-likeness (QED) is 0.845. The molecular weight excluding hydrogens is 240 g/mol. The summed E-state index contributed by atoms with van der Waals surface area (Å²) in [5.41, 5.74) is 2.61. The first-order chi connectivity index (χ1) is 9.36. The first-order valence-corrected chi connectivity index (χ1v) is 6.71. The Hall–Kier alpha value is -1.81. The van der Waals surface area contributed by atoms with Crippen molar-refractivity contribution >= 4 is 0 Å². The van der Waals surface area contributed by atoms with Crippen LogP contribution in [0.15, 0.2) is 36.7 Å². The molecule has 1 unspecified atom stereocenters. The van der Waals surface area contributed by atoms with Gasteiger partial charge in [-0.3, -0.25) is 4.68 Å². The highest BCUT2D eigenvalue weighted by atomic mass is 16.5. The Kier molecular flexibility index (Phi) is 3.51. The van der Waals surface area contributed by atoms with Crippen molar-refractivity contribution in [1.82, 2.24) is 9.78 Å². The Morgan fingerprint density at radius 3 is 3.16 bits per heavy atom. The highest BCUT2D eigenvalue weighted by molar-refractivity contribution is 5.31. The van der Waals surface area contributed by atoms with Crippen LogP contribution in [0.1, 0.15) is 24.2 Å². The molecule has 1 aromatic carbocycles. The number of ether oxygens (including phenoxy) is 2. The monoisotopic (exact) mass is 258 g/mol. The summed E-state index contributed by atoms with van der Waals surface area (Å²) in [5, 5.41) is 4.19. The summed E-state index contributed by atoms with van der Waals surface area (Å²) in [6.45, 7) is 4.20. The zero-order chi connectivity index (χ0) is 13.1. The van der Waals surface area contributed by atoms with Gasteiger partial charge in [-0.25, -0.2) is 0 Å². The summed E-state index contributed by atoms with van der Waals surface area (Å²) in [4.78, 5) is 0. The fourth-order valence-electron chi connectivity index (χ4n) is 2.38. The lowest BCUT2D eigenvalue weighted by atomic mass is 9.98. The molecule has 4 nitrogen and oxygen atoms in total. The molecule has 1 atom stereocenters. The van der Waals surface area contributed by atoms with Crippen molar-refractivity contribution in [3.63, 3.8) is 0 Å². The van der Waals surface area contributed by atoms with Crippen molar-refractivity contribution in [2.75, 3.05) is 13.2 Å². The molecule has 4 heteroatoms. The van der Waals surface area contributed by atoms with Gasteiger partial charge in [0.1, 0.15) is 12.7 Å². The van der Waals surface area contributed by atoms with Gasteiger partial charge in [0.15, 0.2) is 5.75 Å². The van der Waals surface area contributed by atoms with Gasteiger partial charge < -0.3 is 9.47 Å². The van der Waals surface area contributed by atoms with Crippen molar-refractivity contribution in [2.45, 2.75) is 26.0 Å². The fraction of sp³-hybridized carbons (Fsp3) is 0.400. The first kappa shape index (κ1) is 12.2. The van der Waals surface area contributed by atoms with E-state index in [0.717, 1.165) is 25.3 Å². The number of aromatic nitrogens is 2. The third kappa shape index (κ3) is 2.63. The molecule has 0 bridgehead atoms. The van der Waals surface area contributed by atoms with E-state index >= 15 is 0 Å². The maximum absolute atomic E-state index is 5.81. The third-order valence-corrected chi connectivity index (χ3v) is 3.43.